The molecule has 0 radical (unpaired) electrons. The zero-order chi connectivity index (χ0) is 14.4. The van der Waals surface area contributed by atoms with Crippen LogP contribution in [0.5, 0.6) is 5.75 Å². The Hall–Kier alpha value is -1.28. The molecule has 1 nitrogen and oxygen atoms in total. The monoisotopic (exact) mass is 332 g/mol. The number of aryl methyl sites for hydroxylation is 1. The molecule has 2 aromatic rings. The average molecular weight is 333 g/mol. The first-order valence-electron chi connectivity index (χ1n) is 6.96. The van der Waals surface area contributed by atoms with Crippen LogP contribution >= 0.6 is 15.9 Å². The van der Waals surface area contributed by atoms with E-state index >= 15 is 0 Å². The van der Waals surface area contributed by atoms with E-state index in [4.69, 9.17) is 4.74 Å². The van der Waals surface area contributed by atoms with Gasteiger partial charge in [-0.05, 0) is 54.5 Å². The highest BCUT2D eigenvalue weighted by atomic mass is 79.9. The highest BCUT2D eigenvalue weighted by molar-refractivity contribution is 9.09. The predicted octanol–water partition coefficient (Wildman–Crippen LogP) is 4.80. The summed E-state index contributed by atoms with van der Waals surface area (Å²) in [6, 6.07) is 17.0. The van der Waals surface area contributed by atoms with E-state index < -0.39 is 0 Å². The second-order valence-corrected chi connectivity index (χ2v) is 5.85. The van der Waals surface area contributed by atoms with Gasteiger partial charge in [0.1, 0.15) is 5.75 Å². The minimum absolute atomic E-state index is 0.615. The van der Waals surface area contributed by atoms with Crippen molar-refractivity contribution in [3.63, 3.8) is 0 Å². The number of ether oxygens (including phenoxy) is 1. The molecule has 0 aliphatic carbocycles. The third kappa shape index (κ3) is 4.11. The SMILES string of the molecule is COc1ccc(CC(CBr)Cc2ccccc2C)cc1. The topological polar surface area (TPSA) is 9.23 Å². The summed E-state index contributed by atoms with van der Waals surface area (Å²) < 4.78 is 5.20. The van der Waals surface area contributed by atoms with Crippen LogP contribution in [0.2, 0.25) is 0 Å². The number of methoxy groups -OCH3 is 1. The quantitative estimate of drug-likeness (QED) is 0.690. The first-order chi connectivity index (χ1) is 9.72. The van der Waals surface area contributed by atoms with Crippen LogP contribution in [-0.2, 0) is 12.8 Å². The molecule has 2 heteroatoms. The molecular formula is C18H21BrO. The van der Waals surface area contributed by atoms with Gasteiger partial charge in [-0.25, -0.2) is 0 Å². The van der Waals surface area contributed by atoms with E-state index in [2.05, 4.69) is 59.3 Å². The van der Waals surface area contributed by atoms with Crippen molar-refractivity contribution in [3.05, 3.63) is 65.2 Å². The molecule has 0 aliphatic rings. The van der Waals surface area contributed by atoms with Crippen molar-refractivity contribution in [3.8, 4) is 5.75 Å². The molecule has 0 N–H and O–H groups in total. The second-order valence-electron chi connectivity index (χ2n) is 5.20. The van der Waals surface area contributed by atoms with Gasteiger partial charge < -0.3 is 4.74 Å². The predicted molar refractivity (Wildman–Crippen MR) is 88.9 cm³/mol. The van der Waals surface area contributed by atoms with Crippen molar-refractivity contribution in [2.75, 3.05) is 12.4 Å². The molecule has 1 unspecified atom stereocenters. The number of alkyl halides is 1. The molecule has 0 amide bonds. The summed E-state index contributed by atoms with van der Waals surface area (Å²) in [7, 11) is 1.70. The molecule has 0 aromatic heterocycles. The van der Waals surface area contributed by atoms with Crippen molar-refractivity contribution < 1.29 is 4.74 Å². The summed E-state index contributed by atoms with van der Waals surface area (Å²) in [4.78, 5) is 0. The van der Waals surface area contributed by atoms with E-state index in [-0.39, 0.29) is 0 Å². The van der Waals surface area contributed by atoms with E-state index in [9.17, 15) is 0 Å². The lowest BCUT2D eigenvalue weighted by atomic mass is 9.92. The molecule has 1 atom stereocenters. The van der Waals surface area contributed by atoms with Gasteiger partial charge in [0.15, 0.2) is 0 Å². The molecule has 106 valence electrons. The van der Waals surface area contributed by atoms with Gasteiger partial charge in [-0.2, -0.15) is 0 Å². The highest BCUT2D eigenvalue weighted by Gasteiger charge is 2.11. The van der Waals surface area contributed by atoms with Crippen molar-refractivity contribution >= 4 is 15.9 Å². The van der Waals surface area contributed by atoms with Crippen LogP contribution in [0.1, 0.15) is 16.7 Å². The van der Waals surface area contributed by atoms with Gasteiger partial charge in [0, 0.05) is 5.33 Å². The van der Waals surface area contributed by atoms with Crippen molar-refractivity contribution in [2.24, 2.45) is 5.92 Å². The van der Waals surface area contributed by atoms with Crippen LogP contribution in [0.4, 0.5) is 0 Å². The normalized spacial score (nSPS) is 12.2. The minimum Gasteiger partial charge on any atom is -0.497 e. The molecule has 0 bridgehead atoms. The maximum absolute atomic E-state index is 5.20. The molecule has 0 saturated carbocycles. The first kappa shape index (κ1) is 15.1. The number of hydrogen-bond acceptors (Lipinski definition) is 1. The van der Waals surface area contributed by atoms with Crippen LogP contribution in [0, 0.1) is 12.8 Å². The van der Waals surface area contributed by atoms with Gasteiger partial charge in [0.05, 0.1) is 7.11 Å². The number of hydrogen-bond donors (Lipinski definition) is 0. The van der Waals surface area contributed by atoms with Crippen LogP contribution < -0.4 is 4.74 Å². The number of halogens is 1. The molecule has 0 saturated heterocycles. The summed E-state index contributed by atoms with van der Waals surface area (Å²) >= 11 is 3.66. The lowest BCUT2D eigenvalue weighted by Crippen LogP contribution is -2.10. The molecule has 0 fully saturated rings. The van der Waals surface area contributed by atoms with Crippen molar-refractivity contribution in [1.82, 2.24) is 0 Å². The zero-order valence-corrected chi connectivity index (χ0v) is 13.7. The Morgan fingerprint density at radius 2 is 1.70 bits per heavy atom. The maximum Gasteiger partial charge on any atom is 0.118 e. The standard InChI is InChI=1S/C18H21BrO/c1-14-5-3-4-6-17(14)12-16(13-19)11-15-7-9-18(20-2)10-8-15/h3-10,16H,11-13H2,1-2H3. The van der Waals surface area contributed by atoms with Crippen LogP contribution in [0.3, 0.4) is 0 Å². The van der Waals surface area contributed by atoms with Crippen LogP contribution in [0.15, 0.2) is 48.5 Å². The van der Waals surface area contributed by atoms with Gasteiger partial charge in [-0.1, -0.05) is 52.3 Å². The van der Waals surface area contributed by atoms with Gasteiger partial charge in [0.2, 0.25) is 0 Å². The first-order valence-corrected chi connectivity index (χ1v) is 8.08. The van der Waals surface area contributed by atoms with E-state index in [0.29, 0.717) is 5.92 Å². The number of rotatable bonds is 6. The van der Waals surface area contributed by atoms with E-state index in [1.165, 1.54) is 16.7 Å². The Morgan fingerprint density at radius 3 is 2.30 bits per heavy atom. The zero-order valence-electron chi connectivity index (χ0n) is 12.1. The fraction of sp³-hybridized carbons (Fsp3) is 0.333. The molecule has 2 aromatic carbocycles. The third-order valence-electron chi connectivity index (χ3n) is 3.67. The molecule has 20 heavy (non-hydrogen) atoms. The Morgan fingerprint density at radius 1 is 1.00 bits per heavy atom. The molecule has 0 heterocycles. The molecule has 0 aliphatic heterocycles. The lowest BCUT2D eigenvalue weighted by molar-refractivity contribution is 0.414. The van der Waals surface area contributed by atoms with Gasteiger partial charge in [-0.15, -0.1) is 0 Å². The Labute approximate surface area is 130 Å². The summed E-state index contributed by atoms with van der Waals surface area (Å²) in [6.07, 6.45) is 2.20. The van der Waals surface area contributed by atoms with E-state index in [1.54, 1.807) is 7.11 Å². The fourth-order valence-corrected chi connectivity index (χ4v) is 2.88. The summed E-state index contributed by atoms with van der Waals surface area (Å²) in [5.41, 5.74) is 4.20. The summed E-state index contributed by atoms with van der Waals surface area (Å²) in [5.74, 6) is 1.53. The molecule has 0 spiro atoms. The Kier molecular flexibility index (Phi) is 5.66. The molecular weight excluding hydrogens is 312 g/mol. The number of benzene rings is 2. The van der Waals surface area contributed by atoms with Crippen molar-refractivity contribution in [2.45, 2.75) is 19.8 Å². The second kappa shape index (κ2) is 7.49. The Bertz CT molecular complexity index is 533. The third-order valence-corrected chi connectivity index (χ3v) is 4.59. The largest absolute Gasteiger partial charge is 0.497 e. The van der Waals surface area contributed by atoms with Crippen LogP contribution in [-0.4, -0.2) is 12.4 Å². The maximum atomic E-state index is 5.20. The lowest BCUT2D eigenvalue weighted by Gasteiger charge is -2.16. The highest BCUT2D eigenvalue weighted by Crippen LogP contribution is 2.20. The van der Waals surface area contributed by atoms with Gasteiger partial charge >= 0.3 is 0 Å². The molecule has 2 rings (SSSR count). The minimum atomic E-state index is 0.615. The van der Waals surface area contributed by atoms with Gasteiger partial charge in [-0.3, -0.25) is 0 Å². The summed E-state index contributed by atoms with van der Waals surface area (Å²) in [6.45, 7) is 2.19. The average Bonchev–Trinajstić information content (AvgIpc) is 2.49. The van der Waals surface area contributed by atoms with Crippen LogP contribution in [0.25, 0.3) is 0 Å². The van der Waals surface area contributed by atoms with Gasteiger partial charge in [0.25, 0.3) is 0 Å². The fourth-order valence-electron chi connectivity index (χ4n) is 2.43. The smallest absolute Gasteiger partial charge is 0.118 e. The van der Waals surface area contributed by atoms with Crippen molar-refractivity contribution in [1.29, 1.82) is 0 Å². The Balaban J connectivity index is 2.03. The summed E-state index contributed by atoms with van der Waals surface area (Å²) in [5, 5.41) is 1.02. The van der Waals surface area contributed by atoms with E-state index in [1.807, 2.05) is 12.1 Å². The van der Waals surface area contributed by atoms with E-state index in [0.717, 1.165) is 23.9 Å².